The van der Waals surface area contributed by atoms with Crippen LogP contribution in [0.3, 0.4) is 0 Å². The lowest BCUT2D eigenvalue weighted by atomic mass is 10.1. The number of rotatable bonds is 4. The third kappa shape index (κ3) is 3.14. The molecule has 0 aliphatic rings. The van der Waals surface area contributed by atoms with E-state index >= 15 is 0 Å². The Balaban J connectivity index is 2.60. The average Bonchev–Trinajstić information content (AvgIpc) is 2.16. The molecule has 4 heteroatoms. The van der Waals surface area contributed by atoms with Gasteiger partial charge in [0.05, 0.1) is 0 Å². The van der Waals surface area contributed by atoms with Crippen LogP contribution in [0.1, 0.15) is 19.5 Å². The largest absolute Gasteiger partial charge is 0.351 e. The van der Waals surface area contributed by atoms with Gasteiger partial charge < -0.3 is 5.32 Å². The van der Waals surface area contributed by atoms with Gasteiger partial charge in [-0.3, -0.25) is 0 Å². The van der Waals surface area contributed by atoms with Crippen molar-refractivity contribution in [1.82, 2.24) is 9.97 Å². The molecule has 0 bridgehead atoms. The Labute approximate surface area is 89.9 Å². The zero-order valence-electron chi connectivity index (χ0n) is 8.79. The minimum atomic E-state index is 0.286. The maximum Gasteiger partial charge on any atom is 0.223 e. The number of anilines is 1. The van der Waals surface area contributed by atoms with E-state index in [9.17, 15) is 0 Å². The topological polar surface area (TPSA) is 37.8 Å². The number of hydrogen-bond donors (Lipinski definition) is 1. The van der Waals surface area contributed by atoms with Gasteiger partial charge in [-0.2, -0.15) is 0 Å². The highest BCUT2D eigenvalue weighted by Crippen LogP contribution is 2.09. The standard InChI is InChI=1S/C10H16ClN3/c1-7(6-11)9(3)14-10-12-5-4-8(2)13-10/h4-5,7,9H,6H2,1-3H3,(H,12,13,14). The van der Waals surface area contributed by atoms with Gasteiger partial charge in [0.1, 0.15) is 0 Å². The van der Waals surface area contributed by atoms with E-state index in [0.717, 1.165) is 5.69 Å². The minimum Gasteiger partial charge on any atom is -0.351 e. The van der Waals surface area contributed by atoms with Gasteiger partial charge in [-0.1, -0.05) is 6.92 Å². The first-order valence-corrected chi connectivity index (χ1v) is 5.29. The smallest absolute Gasteiger partial charge is 0.223 e. The minimum absolute atomic E-state index is 0.286. The number of alkyl halides is 1. The van der Waals surface area contributed by atoms with Crippen LogP contribution in [-0.2, 0) is 0 Å². The highest BCUT2D eigenvalue weighted by atomic mass is 35.5. The third-order valence-electron chi connectivity index (χ3n) is 2.25. The normalized spacial score (nSPS) is 14.9. The SMILES string of the molecule is Cc1ccnc(NC(C)C(C)CCl)n1. The second-order valence-electron chi connectivity index (χ2n) is 3.59. The molecule has 1 heterocycles. The van der Waals surface area contributed by atoms with Crippen LogP contribution in [0.15, 0.2) is 12.3 Å². The van der Waals surface area contributed by atoms with E-state index in [4.69, 9.17) is 11.6 Å². The highest BCUT2D eigenvalue weighted by Gasteiger charge is 2.11. The van der Waals surface area contributed by atoms with Crippen LogP contribution < -0.4 is 5.32 Å². The summed E-state index contributed by atoms with van der Waals surface area (Å²) in [5.74, 6) is 1.72. The molecule has 1 aromatic rings. The maximum absolute atomic E-state index is 5.76. The molecular formula is C10H16ClN3. The zero-order valence-corrected chi connectivity index (χ0v) is 9.54. The summed E-state index contributed by atoms with van der Waals surface area (Å²) in [4.78, 5) is 8.40. The van der Waals surface area contributed by atoms with Crippen LogP contribution in [0.5, 0.6) is 0 Å². The molecule has 0 saturated heterocycles. The number of nitrogens with one attached hydrogen (secondary N) is 1. The molecule has 0 saturated carbocycles. The van der Waals surface area contributed by atoms with Crippen LogP contribution in [0.4, 0.5) is 5.95 Å². The lowest BCUT2D eigenvalue weighted by Crippen LogP contribution is -2.25. The fraction of sp³-hybridized carbons (Fsp3) is 0.600. The number of halogens is 1. The summed E-state index contributed by atoms with van der Waals surface area (Å²) in [6.07, 6.45) is 1.75. The second kappa shape index (κ2) is 5.15. The van der Waals surface area contributed by atoms with Crippen molar-refractivity contribution in [3.63, 3.8) is 0 Å². The van der Waals surface area contributed by atoms with Gasteiger partial charge in [0, 0.05) is 23.8 Å². The lowest BCUT2D eigenvalue weighted by molar-refractivity contribution is 0.562. The van der Waals surface area contributed by atoms with E-state index in [1.54, 1.807) is 6.20 Å². The molecule has 0 radical (unpaired) electrons. The van der Waals surface area contributed by atoms with Crippen LogP contribution in [-0.4, -0.2) is 21.9 Å². The summed E-state index contributed by atoms with van der Waals surface area (Å²) >= 11 is 5.76. The molecule has 3 nitrogen and oxygen atoms in total. The Bertz CT molecular complexity index is 290. The Kier molecular flexibility index (Phi) is 4.14. The quantitative estimate of drug-likeness (QED) is 0.781. The number of aryl methyl sites for hydroxylation is 1. The first kappa shape index (κ1) is 11.2. The highest BCUT2D eigenvalue weighted by molar-refractivity contribution is 6.18. The summed E-state index contributed by atoms with van der Waals surface area (Å²) < 4.78 is 0. The Morgan fingerprint density at radius 2 is 2.21 bits per heavy atom. The van der Waals surface area contributed by atoms with Crippen LogP contribution in [0.25, 0.3) is 0 Å². The molecule has 0 aliphatic heterocycles. The van der Waals surface area contributed by atoms with Crippen molar-refractivity contribution >= 4 is 17.5 Å². The predicted octanol–water partition coefficient (Wildman–Crippen LogP) is 2.46. The molecule has 1 N–H and O–H groups in total. The summed E-state index contributed by atoms with van der Waals surface area (Å²) in [6.45, 7) is 6.13. The first-order chi connectivity index (χ1) is 6.63. The lowest BCUT2D eigenvalue weighted by Gasteiger charge is -2.18. The van der Waals surface area contributed by atoms with E-state index in [1.165, 1.54) is 0 Å². The van der Waals surface area contributed by atoms with Crippen molar-refractivity contribution in [2.75, 3.05) is 11.2 Å². The first-order valence-electron chi connectivity index (χ1n) is 4.75. The summed E-state index contributed by atoms with van der Waals surface area (Å²) in [6, 6.07) is 2.16. The van der Waals surface area contributed by atoms with Gasteiger partial charge >= 0.3 is 0 Å². The Morgan fingerprint density at radius 3 is 2.79 bits per heavy atom. The predicted molar refractivity (Wildman–Crippen MR) is 59.7 cm³/mol. The van der Waals surface area contributed by atoms with Gasteiger partial charge in [-0.15, -0.1) is 11.6 Å². The Hall–Kier alpha value is -0.830. The molecular weight excluding hydrogens is 198 g/mol. The van der Waals surface area contributed by atoms with E-state index in [2.05, 4.69) is 29.1 Å². The van der Waals surface area contributed by atoms with Crippen molar-refractivity contribution < 1.29 is 0 Å². The molecule has 0 amide bonds. The number of nitrogens with zero attached hydrogens (tertiary/aromatic N) is 2. The molecule has 0 aromatic carbocycles. The van der Waals surface area contributed by atoms with E-state index in [1.807, 2.05) is 13.0 Å². The van der Waals surface area contributed by atoms with Crippen LogP contribution in [0.2, 0.25) is 0 Å². The number of aromatic nitrogens is 2. The molecule has 2 atom stereocenters. The molecule has 78 valence electrons. The van der Waals surface area contributed by atoms with Gasteiger partial charge in [0.25, 0.3) is 0 Å². The second-order valence-corrected chi connectivity index (χ2v) is 3.89. The number of hydrogen-bond acceptors (Lipinski definition) is 3. The molecule has 0 aliphatic carbocycles. The Morgan fingerprint density at radius 1 is 1.50 bits per heavy atom. The van der Waals surface area contributed by atoms with Crippen molar-refractivity contribution in [3.05, 3.63) is 18.0 Å². The molecule has 0 spiro atoms. The molecule has 1 rings (SSSR count). The fourth-order valence-electron chi connectivity index (χ4n) is 0.998. The molecule has 0 fully saturated rings. The van der Waals surface area contributed by atoms with Gasteiger partial charge in [0.15, 0.2) is 0 Å². The summed E-state index contributed by atoms with van der Waals surface area (Å²) in [5, 5.41) is 3.23. The van der Waals surface area contributed by atoms with E-state index in [0.29, 0.717) is 17.7 Å². The molecule has 2 unspecified atom stereocenters. The zero-order chi connectivity index (χ0) is 10.6. The summed E-state index contributed by atoms with van der Waals surface area (Å²) in [7, 11) is 0. The van der Waals surface area contributed by atoms with Crippen molar-refractivity contribution in [3.8, 4) is 0 Å². The van der Waals surface area contributed by atoms with Crippen LogP contribution >= 0.6 is 11.6 Å². The van der Waals surface area contributed by atoms with Crippen molar-refractivity contribution in [2.24, 2.45) is 5.92 Å². The average molecular weight is 214 g/mol. The van der Waals surface area contributed by atoms with E-state index < -0.39 is 0 Å². The van der Waals surface area contributed by atoms with E-state index in [-0.39, 0.29) is 6.04 Å². The van der Waals surface area contributed by atoms with Gasteiger partial charge in [-0.05, 0) is 25.8 Å². The van der Waals surface area contributed by atoms with Crippen molar-refractivity contribution in [1.29, 1.82) is 0 Å². The summed E-state index contributed by atoms with van der Waals surface area (Å²) in [5.41, 5.74) is 0.966. The van der Waals surface area contributed by atoms with Crippen molar-refractivity contribution in [2.45, 2.75) is 26.8 Å². The molecule has 1 aromatic heterocycles. The van der Waals surface area contributed by atoms with Gasteiger partial charge in [0.2, 0.25) is 5.95 Å². The maximum atomic E-state index is 5.76. The fourth-order valence-corrected chi connectivity index (χ4v) is 1.27. The third-order valence-corrected chi connectivity index (χ3v) is 2.74. The van der Waals surface area contributed by atoms with Gasteiger partial charge in [-0.25, -0.2) is 9.97 Å². The molecule has 14 heavy (non-hydrogen) atoms. The van der Waals surface area contributed by atoms with Crippen LogP contribution in [0, 0.1) is 12.8 Å². The monoisotopic (exact) mass is 213 g/mol.